The first kappa shape index (κ1) is 29.0. The summed E-state index contributed by atoms with van der Waals surface area (Å²) < 4.78 is 33.3. The maximum atomic E-state index is 12.5. The van der Waals surface area contributed by atoms with E-state index in [0.717, 1.165) is 46.8 Å². The standard InChI is InChI=1S/C28H32N4O4S.ClH/c1-4-5-6-9-16-37(34,35)32-21-13-15-25(27(18-21)36-3)31-28-22-10-7-8-11-24(22)30-26-17-20(29-19(2)33)12-14-23(26)28;/h7-8,10-15,17-18,32H,4-6,9,16H2,1-3H3,(H,29,33)(H,30,31);1H. The molecular formula is C28H33ClN4O4S. The van der Waals surface area contributed by atoms with Gasteiger partial charge in [0.15, 0.2) is 0 Å². The summed E-state index contributed by atoms with van der Waals surface area (Å²) in [4.78, 5) is 16.3. The lowest BCUT2D eigenvalue weighted by Gasteiger charge is -2.17. The van der Waals surface area contributed by atoms with E-state index in [1.807, 2.05) is 42.5 Å². The van der Waals surface area contributed by atoms with Crippen LogP contribution in [-0.2, 0) is 14.8 Å². The van der Waals surface area contributed by atoms with E-state index >= 15 is 0 Å². The second-order valence-corrected chi connectivity index (χ2v) is 10.8. The van der Waals surface area contributed by atoms with Gasteiger partial charge in [-0.25, -0.2) is 13.4 Å². The van der Waals surface area contributed by atoms with Crippen molar-refractivity contribution in [1.29, 1.82) is 0 Å². The minimum absolute atomic E-state index is 0. The second-order valence-electron chi connectivity index (χ2n) is 8.94. The molecule has 3 N–H and O–H groups in total. The third-order valence-corrected chi connectivity index (χ3v) is 7.38. The highest BCUT2D eigenvalue weighted by molar-refractivity contribution is 7.92. The van der Waals surface area contributed by atoms with Crippen LogP contribution in [0.15, 0.2) is 60.7 Å². The van der Waals surface area contributed by atoms with E-state index in [1.54, 1.807) is 25.3 Å². The number of carbonyl (C=O) groups is 1. The number of pyridine rings is 1. The van der Waals surface area contributed by atoms with Gasteiger partial charge in [-0.15, -0.1) is 12.4 Å². The molecule has 0 saturated heterocycles. The molecule has 0 unspecified atom stereocenters. The molecule has 1 aromatic heterocycles. The van der Waals surface area contributed by atoms with Gasteiger partial charge in [0, 0.05) is 29.4 Å². The molecule has 0 radical (unpaired) electrons. The van der Waals surface area contributed by atoms with Gasteiger partial charge >= 0.3 is 0 Å². The number of rotatable bonds is 11. The van der Waals surface area contributed by atoms with Crippen LogP contribution in [-0.4, -0.2) is 32.2 Å². The molecule has 38 heavy (non-hydrogen) atoms. The van der Waals surface area contributed by atoms with Gasteiger partial charge in [-0.3, -0.25) is 9.52 Å². The van der Waals surface area contributed by atoms with Crippen molar-refractivity contribution in [3.63, 3.8) is 0 Å². The number of hydrogen-bond donors (Lipinski definition) is 3. The number of benzene rings is 3. The predicted octanol–water partition coefficient (Wildman–Crippen LogP) is 6.84. The van der Waals surface area contributed by atoms with Crippen molar-refractivity contribution in [2.45, 2.75) is 39.5 Å². The molecule has 4 rings (SSSR count). The van der Waals surface area contributed by atoms with Crippen LogP contribution in [0.2, 0.25) is 0 Å². The van der Waals surface area contributed by atoms with E-state index in [4.69, 9.17) is 9.72 Å². The number of ether oxygens (including phenoxy) is 1. The second kappa shape index (κ2) is 12.8. The first-order chi connectivity index (χ1) is 17.8. The Morgan fingerprint density at radius 1 is 0.921 bits per heavy atom. The summed E-state index contributed by atoms with van der Waals surface area (Å²) in [5.41, 5.74) is 4.14. The number of para-hydroxylation sites is 1. The molecule has 1 heterocycles. The molecule has 10 heteroatoms. The van der Waals surface area contributed by atoms with Gasteiger partial charge in [0.05, 0.1) is 41.0 Å². The Bertz CT molecular complexity index is 1540. The summed E-state index contributed by atoms with van der Waals surface area (Å²) in [7, 11) is -1.90. The fourth-order valence-electron chi connectivity index (χ4n) is 4.25. The number of carbonyl (C=O) groups excluding carboxylic acids is 1. The van der Waals surface area contributed by atoms with Gasteiger partial charge in [0.1, 0.15) is 5.75 Å². The quantitative estimate of drug-likeness (QED) is 0.138. The van der Waals surface area contributed by atoms with Gasteiger partial charge in [0.2, 0.25) is 15.9 Å². The maximum absolute atomic E-state index is 12.5. The van der Waals surface area contributed by atoms with Gasteiger partial charge < -0.3 is 15.4 Å². The molecule has 0 spiro atoms. The third kappa shape index (κ3) is 7.05. The highest BCUT2D eigenvalue weighted by Gasteiger charge is 2.15. The number of nitrogens with zero attached hydrogens (tertiary/aromatic N) is 1. The van der Waals surface area contributed by atoms with Crippen LogP contribution >= 0.6 is 12.4 Å². The molecule has 8 nitrogen and oxygen atoms in total. The Labute approximate surface area is 229 Å². The topological polar surface area (TPSA) is 109 Å². The van der Waals surface area contributed by atoms with E-state index in [0.29, 0.717) is 29.2 Å². The number of methoxy groups -OCH3 is 1. The van der Waals surface area contributed by atoms with Gasteiger partial charge in [-0.1, -0.05) is 44.4 Å². The number of fused-ring (bicyclic) bond motifs is 2. The van der Waals surface area contributed by atoms with Crippen molar-refractivity contribution in [3.8, 4) is 5.75 Å². The molecule has 0 saturated carbocycles. The third-order valence-electron chi connectivity index (χ3n) is 6.00. The molecule has 0 aliphatic heterocycles. The predicted molar refractivity (Wildman–Crippen MR) is 159 cm³/mol. The van der Waals surface area contributed by atoms with E-state index in [2.05, 4.69) is 22.3 Å². The van der Waals surface area contributed by atoms with Crippen molar-refractivity contribution < 1.29 is 17.9 Å². The Morgan fingerprint density at radius 3 is 2.39 bits per heavy atom. The van der Waals surface area contributed by atoms with Gasteiger partial charge in [-0.05, 0) is 42.8 Å². The zero-order valence-corrected chi connectivity index (χ0v) is 23.3. The molecule has 3 aromatic carbocycles. The van der Waals surface area contributed by atoms with Crippen LogP contribution in [0.1, 0.15) is 39.5 Å². The smallest absolute Gasteiger partial charge is 0.232 e. The SMILES string of the molecule is CCCCCCS(=O)(=O)Nc1ccc(Nc2c3ccccc3nc3cc(NC(C)=O)ccc23)c(OC)c1.Cl. The van der Waals surface area contributed by atoms with Crippen molar-refractivity contribution in [2.24, 2.45) is 0 Å². The minimum Gasteiger partial charge on any atom is -0.494 e. The molecule has 4 aromatic rings. The van der Waals surface area contributed by atoms with Crippen LogP contribution in [0.5, 0.6) is 5.75 Å². The largest absolute Gasteiger partial charge is 0.494 e. The lowest BCUT2D eigenvalue weighted by atomic mass is 10.1. The molecule has 0 atom stereocenters. The van der Waals surface area contributed by atoms with Crippen molar-refractivity contribution in [3.05, 3.63) is 60.7 Å². The number of anilines is 4. The summed E-state index contributed by atoms with van der Waals surface area (Å²) in [6.07, 6.45) is 3.60. The molecule has 0 aliphatic rings. The Kier molecular flexibility index (Phi) is 9.77. The minimum atomic E-state index is -3.45. The first-order valence-electron chi connectivity index (χ1n) is 12.4. The summed E-state index contributed by atoms with van der Waals surface area (Å²) in [5.74, 6) is 0.431. The normalized spacial score (nSPS) is 11.1. The summed E-state index contributed by atoms with van der Waals surface area (Å²) >= 11 is 0. The van der Waals surface area contributed by atoms with Crippen molar-refractivity contribution >= 4 is 72.9 Å². The lowest BCUT2D eigenvalue weighted by Crippen LogP contribution is -2.16. The van der Waals surface area contributed by atoms with Crippen LogP contribution < -0.4 is 20.1 Å². The summed E-state index contributed by atoms with van der Waals surface area (Å²) in [5, 5.41) is 8.06. The van der Waals surface area contributed by atoms with E-state index < -0.39 is 10.0 Å². The van der Waals surface area contributed by atoms with E-state index in [9.17, 15) is 13.2 Å². The summed E-state index contributed by atoms with van der Waals surface area (Å²) in [6, 6.07) is 18.6. The van der Waals surface area contributed by atoms with Gasteiger partial charge in [0.25, 0.3) is 0 Å². The number of unbranched alkanes of at least 4 members (excludes halogenated alkanes) is 3. The van der Waals surface area contributed by atoms with Crippen LogP contribution in [0, 0.1) is 0 Å². The Balaban J connectivity index is 0.00000400. The highest BCUT2D eigenvalue weighted by atomic mass is 35.5. The van der Waals surface area contributed by atoms with Crippen LogP contribution in [0.3, 0.4) is 0 Å². The zero-order chi connectivity index (χ0) is 26.4. The Morgan fingerprint density at radius 2 is 1.66 bits per heavy atom. The van der Waals surface area contributed by atoms with Crippen LogP contribution in [0.4, 0.5) is 22.7 Å². The van der Waals surface area contributed by atoms with Gasteiger partial charge in [-0.2, -0.15) is 0 Å². The first-order valence-corrected chi connectivity index (χ1v) is 14.0. The summed E-state index contributed by atoms with van der Waals surface area (Å²) in [6.45, 7) is 3.56. The molecule has 0 bridgehead atoms. The average molecular weight is 557 g/mol. The number of amides is 1. The monoisotopic (exact) mass is 556 g/mol. The molecular weight excluding hydrogens is 524 g/mol. The fourth-order valence-corrected chi connectivity index (χ4v) is 5.42. The highest BCUT2D eigenvalue weighted by Crippen LogP contribution is 2.37. The molecule has 202 valence electrons. The zero-order valence-electron chi connectivity index (χ0n) is 21.7. The van der Waals surface area contributed by atoms with E-state index in [1.165, 1.54) is 6.92 Å². The fraction of sp³-hybridized carbons (Fsp3) is 0.286. The molecule has 0 aliphatic carbocycles. The number of hydrogen-bond acceptors (Lipinski definition) is 6. The number of nitrogens with one attached hydrogen (secondary N) is 3. The molecule has 1 amide bonds. The Hall–Kier alpha value is -3.56. The van der Waals surface area contributed by atoms with Crippen molar-refractivity contribution in [1.82, 2.24) is 4.98 Å². The van der Waals surface area contributed by atoms with Crippen molar-refractivity contribution in [2.75, 3.05) is 28.2 Å². The van der Waals surface area contributed by atoms with E-state index in [-0.39, 0.29) is 24.1 Å². The number of aromatic nitrogens is 1. The average Bonchev–Trinajstić information content (AvgIpc) is 2.86. The molecule has 0 fully saturated rings. The number of sulfonamides is 1. The van der Waals surface area contributed by atoms with Crippen LogP contribution in [0.25, 0.3) is 21.8 Å². The number of halogens is 1. The maximum Gasteiger partial charge on any atom is 0.232 e. The lowest BCUT2D eigenvalue weighted by molar-refractivity contribution is -0.114.